The van der Waals surface area contributed by atoms with E-state index in [9.17, 15) is 8.78 Å². The van der Waals surface area contributed by atoms with Gasteiger partial charge in [0.2, 0.25) is 0 Å². The van der Waals surface area contributed by atoms with E-state index in [1.807, 2.05) is 6.92 Å². The Morgan fingerprint density at radius 3 is 2.70 bits per heavy atom. The first-order chi connectivity index (χ1) is 9.56. The average molecular weight is 285 g/mol. The van der Waals surface area contributed by atoms with E-state index in [0.29, 0.717) is 19.7 Å². The molecule has 20 heavy (non-hydrogen) atoms. The van der Waals surface area contributed by atoms with Crippen LogP contribution in [0.3, 0.4) is 0 Å². The Hall–Kier alpha value is -1.89. The number of oxime groups is 1. The lowest BCUT2D eigenvalue weighted by Gasteiger charge is -2.34. The van der Waals surface area contributed by atoms with Crippen LogP contribution >= 0.6 is 0 Å². The first-order valence-electron chi connectivity index (χ1n) is 6.40. The van der Waals surface area contributed by atoms with Crippen LogP contribution in [0.2, 0.25) is 0 Å². The lowest BCUT2D eigenvalue weighted by Crippen LogP contribution is -2.43. The molecule has 1 unspecified atom stereocenters. The quantitative estimate of drug-likeness (QED) is 0.383. The summed E-state index contributed by atoms with van der Waals surface area (Å²) in [5.41, 5.74) is 5.25. The SMILES string of the molecule is CCC1CN(c2c(F)cc(C(N)=NO)cc2F)CCO1. The molecule has 0 spiro atoms. The van der Waals surface area contributed by atoms with Crippen molar-refractivity contribution >= 4 is 11.5 Å². The van der Waals surface area contributed by atoms with Crippen molar-refractivity contribution < 1.29 is 18.7 Å². The number of morpholine rings is 1. The summed E-state index contributed by atoms with van der Waals surface area (Å²) in [6.07, 6.45) is 0.744. The summed E-state index contributed by atoms with van der Waals surface area (Å²) in [7, 11) is 0. The van der Waals surface area contributed by atoms with Gasteiger partial charge in [-0.2, -0.15) is 0 Å². The summed E-state index contributed by atoms with van der Waals surface area (Å²) in [6.45, 7) is 3.25. The van der Waals surface area contributed by atoms with Crippen molar-refractivity contribution in [1.82, 2.24) is 0 Å². The number of hydrogen-bond donors (Lipinski definition) is 2. The molecular formula is C13H17F2N3O2. The molecular weight excluding hydrogens is 268 g/mol. The van der Waals surface area contributed by atoms with Crippen LogP contribution in [0.25, 0.3) is 0 Å². The second kappa shape index (κ2) is 6.04. The minimum atomic E-state index is -0.733. The van der Waals surface area contributed by atoms with Gasteiger partial charge >= 0.3 is 0 Å². The van der Waals surface area contributed by atoms with E-state index < -0.39 is 11.6 Å². The normalized spacial score (nSPS) is 20.2. The van der Waals surface area contributed by atoms with Crippen molar-refractivity contribution in [2.24, 2.45) is 10.9 Å². The molecule has 0 aromatic heterocycles. The van der Waals surface area contributed by atoms with E-state index >= 15 is 0 Å². The molecule has 1 aliphatic rings. The number of benzene rings is 1. The van der Waals surface area contributed by atoms with Crippen LogP contribution < -0.4 is 10.6 Å². The van der Waals surface area contributed by atoms with Crippen molar-refractivity contribution in [3.8, 4) is 0 Å². The topological polar surface area (TPSA) is 71.1 Å². The Kier molecular flexibility index (Phi) is 4.39. The molecule has 2 rings (SSSR count). The molecule has 1 aromatic rings. The third kappa shape index (κ3) is 2.82. The molecule has 0 saturated carbocycles. The van der Waals surface area contributed by atoms with E-state index in [2.05, 4.69) is 5.16 Å². The predicted octanol–water partition coefficient (Wildman–Crippen LogP) is 1.67. The molecule has 1 heterocycles. The highest BCUT2D eigenvalue weighted by Gasteiger charge is 2.25. The minimum absolute atomic E-state index is 0.00607. The molecule has 0 aliphatic carbocycles. The fourth-order valence-corrected chi connectivity index (χ4v) is 2.24. The van der Waals surface area contributed by atoms with Crippen LogP contribution in [0.4, 0.5) is 14.5 Å². The van der Waals surface area contributed by atoms with Crippen molar-refractivity contribution in [3.05, 3.63) is 29.3 Å². The van der Waals surface area contributed by atoms with E-state index in [1.54, 1.807) is 4.90 Å². The summed E-state index contributed by atoms with van der Waals surface area (Å²) in [4.78, 5) is 1.62. The first-order valence-corrected chi connectivity index (χ1v) is 6.40. The summed E-state index contributed by atoms with van der Waals surface area (Å²) < 4.78 is 33.7. The van der Waals surface area contributed by atoms with Crippen LogP contribution in [0.1, 0.15) is 18.9 Å². The maximum absolute atomic E-state index is 14.1. The van der Waals surface area contributed by atoms with Gasteiger partial charge in [0.25, 0.3) is 0 Å². The largest absolute Gasteiger partial charge is 0.409 e. The third-order valence-corrected chi connectivity index (χ3v) is 3.33. The highest BCUT2D eigenvalue weighted by molar-refractivity contribution is 5.97. The van der Waals surface area contributed by atoms with Gasteiger partial charge in [0.05, 0.1) is 12.7 Å². The number of nitrogens with zero attached hydrogens (tertiary/aromatic N) is 2. The number of ether oxygens (including phenoxy) is 1. The fraction of sp³-hybridized carbons (Fsp3) is 0.462. The van der Waals surface area contributed by atoms with E-state index in [-0.39, 0.29) is 23.2 Å². The van der Waals surface area contributed by atoms with Crippen LogP contribution in [0, 0.1) is 11.6 Å². The highest BCUT2D eigenvalue weighted by atomic mass is 19.1. The summed E-state index contributed by atoms with van der Waals surface area (Å²) >= 11 is 0. The highest BCUT2D eigenvalue weighted by Crippen LogP contribution is 2.27. The molecule has 110 valence electrons. The number of rotatable bonds is 3. The predicted molar refractivity (Wildman–Crippen MR) is 71.1 cm³/mol. The minimum Gasteiger partial charge on any atom is -0.409 e. The summed E-state index contributed by atoms with van der Waals surface area (Å²) in [6, 6.07) is 2.12. The van der Waals surface area contributed by atoms with E-state index in [4.69, 9.17) is 15.7 Å². The lowest BCUT2D eigenvalue weighted by atomic mass is 10.1. The van der Waals surface area contributed by atoms with Crippen LogP contribution in [0.5, 0.6) is 0 Å². The van der Waals surface area contributed by atoms with Gasteiger partial charge in [-0.3, -0.25) is 0 Å². The van der Waals surface area contributed by atoms with Crippen molar-refractivity contribution in [2.75, 3.05) is 24.6 Å². The zero-order valence-electron chi connectivity index (χ0n) is 11.1. The zero-order valence-corrected chi connectivity index (χ0v) is 11.1. The molecule has 5 nitrogen and oxygen atoms in total. The Morgan fingerprint density at radius 2 is 2.15 bits per heavy atom. The molecule has 0 bridgehead atoms. The van der Waals surface area contributed by atoms with Crippen LogP contribution in [-0.4, -0.2) is 36.8 Å². The van der Waals surface area contributed by atoms with Crippen LogP contribution in [-0.2, 0) is 4.74 Å². The second-order valence-electron chi connectivity index (χ2n) is 4.62. The maximum atomic E-state index is 14.1. The average Bonchev–Trinajstić information content (AvgIpc) is 2.45. The second-order valence-corrected chi connectivity index (χ2v) is 4.62. The maximum Gasteiger partial charge on any atom is 0.170 e. The third-order valence-electron chi connectivity index (χ3n) is 3.33. The van der Waals surface area contributed by atoms with Gasteiger partial charge < -0.3 is 20.6 Å². The van der Waals surface area contributed by atoms with Crippen molar-refractivity contribution in [3.63, 3.8) is 0 Å². The molecule has 0 amide bonds. The number of hydrogen-bond acceptors (Lipinski definition) is 4. The van der Waals surface area contributed by atoms with E-state index in [1.165, 1.54) is 0 Å². The Balaban J connectivity index is 2.33. The molecule has 1 saturated heterocycles. The fourth-order valence-electron chi connectivity index (χ4n) is 2.24. The molecule has 7 heteroatoms. The van der Waals surface area contributed by atoms with E-state index in [0.717, 1.165) is 18.6 Å². The molecule has 0 radical (unpaired) electrons. The summed E-state index contributed by atoms with van der Waals surface area (Å²) in [5, 5.41) is 11.3. The van der Waals surface area contributed by atoms with Crippen LogP contribution in [0.15, 0.2) is 17.3 Å². The number of halogens is 2. The lowest BCUT2D eigenvalue weighted by molar-refractivity contribution is 0.0380. The van der Waals surface area contributed by atoms with Gasteiger partial charge in [-0.1, -0.05) is 12.1 Å². The number of nitrogens with two attached hydrogens (primary N) is 1. The standard InChI is InChI=1S/C13H17F2N3O2/c1-2-9-7-18(3-4-20-9)12-10(14)5-8(6-11(12)15)13(16)17-19/h5-6,9,19H,2-4,7H2,1H3,(H2,16,17). The Bertz CT molecular complexity index is 499. The van der Waals surface area contributed by atoms with Crippen molar-refractivity contribution in [2.45, 2.75) is 19.4 Å². The van der Waals surface area contributed by atoms with Crippen molar-refractivity contribution in [1.29, 1.82) is 0 Å². The smallest absolute Gasteiger partial charge is 0.170 e. The molecule has 1 atom stereocenters. The molecule has 3 N–H and O–H groups in total. The van der Waals surface area contributed by atoms with Gasteiger partial charge in [0.1, 0.15) is 17.3 Å². The van der Waals surface area contributed by atoms with Gasteiger partial charge in [-0.05, 0) is 18.6 Å². The van der Waals surface area contributed by atoms with Gasteiger partial charge in [-0.25, -0.2) is 8.78 Å². The summed E-state index contributed by atoms with van der Waals surface area (Å²) in [5.74, 6) is -1.80. The Morgan fingerprint density at radius 1 is 1.50 bits per heavy atom. The van der Waals surface area contributed by atoms with Gasteiger partial charge in [0.15, 0.2) is 5.84 Å². The Labute approximate surface area is 115 Å². The molecule has 1 aromatic carbocycles. The monoisotopic (exact) mass is 285 g/mol. The number of anilines is 1. The zero-order chi connectivity index (χ0) is 14.7. The van der Waals surface area contributed by atoms with Gasteiger partial charge in [0, 0.05) is 18.7 Å². The number of amidine groups is 1. The molecule has 1 fully saturated rings. The van der Waals surface area contributed by atoms with Gasteiger partial charge in [-0.15, -0.1) is 0 Å². The molecule has 1 aliphatic heterocycles. The first kappa shape index (κ1) is 14.5.